The quantitative estimate of drug-likeness (QED) is 0.368. The molecule has 0 amide bonds. The second-order valence-corrected chi connectivity index (χ2v) is 15.6. The predicted octanol–water partition coefficient (Wildman–Crippen LogP) is 5.49. The lowest BCUT2D eigenvalue weighted by Gasteiger charge is -2.36. The van der Waals surface area contributed by atoms with Crippen molar-refractivity contribution in [3.05, 3.63) is 59.4 Å². The van der Waals surface area contributed by atoms with Gasteiger partial charge in [-0.25, -0.2) is 17.4 Å². The van der Waals surface area contributed by atoms with Gasteiger partial charge in [0.05, 0.1) is 15.9 Å². The van der Waals surface area contributed by atoms with Crippen LogP contribution in [0.3, 0.4) is 0 Å². The van der Waals surface area contributed by atoms with Gasteiger partial charge in [-0.1, -0.05) is 50.6 Å². The maximum Gasteiger partial charge on any atom is 0.268 e. The minimum atomic E-state index is -3.77. The fraction of sp³-hybridized carbons (Fsp3) is 0.381. The number of halogens is 1. The Balaban J connectivity index is 2.03. The van der Waals surface area contributed by atoms with Crippen LogP contribution in [0.25, 0.3) is 11.0 Å². The predicted molar refractivity (Wildman–Crippen MR) is 121 cm³/mol. The van der Waals surface area contributed by atoms with Crippen LogP contribution in [0.2, 0.25) is 23.3 Å². The van der Waals surface area contributed by atoms with E-state index in [0.717, 1.165) is 0 Å². The van der Waals surface area contributed by atoms with Crippen LogP contribution in [0, 0.1) is 0 Å². The van der Waals surface area contributed by atoms with E-state index in [1.165, 1.54) is 3.97 Å². The molecule has 0 unspecified atom stereocenters. The first-order valence-corrected chi connectivity index (χ1v) is 14.3. The summed E-state index contributed by atoms with van der Waals surface area (Å²) < 4.78 is 34.5. The van der Waals surface area contributed by atoms with Crippen molar-refractivity contribution < 1.29 is 12.8 Å². The van der Waals surface area contributed by atoms with Gasteiger partial charge in [-0.3, -0.25) is 0 Å². The minimum absolute atomic E-state index is 0.0882. The van der Waals surface area contributed by atoms with Gasteiger partial charge >= 0.3 is 0 Å². The lowest BCUT2D eigenvalue weighted by Crippen LogP contribution is -2.41. The van der Waals surface area contributed by atoms with E-state index >= 15 is 0 Å². The summed E-state index contributed by atoms with van der Waals surface area (Å²) in [6, 6.07) is 13.5. The van der Waals surface area contributed by atoms with Gasteiger partial charge < -0.3 is 4.43 Å². The van der Waals surface area contributed by atoms with E-state index < -0.39 is 18.3 Å². The molecule has 0 saturated heterocycles. The maximum absolute atomic E-state index is 13.4. The monoisotopic (exact) mass is 450 g/mol. The first-order valence-electron chi connectivity index (χ1n) is 9.55. The Hall–Kier alpha value is -1.67. The van der Waals surface area contributed by atoms with E-state index in [9.17, 15) is 8.42 Å². The van der Waals surface area contributed by atoms with Crippen LogP contribution in [-0.2, 0) is 20.9 Å². The Morgan fingerprint density at radius 1 is 1.10 bits per heavy atom. The van der Waals surface area contributed by atoms with Gasteiger partial charge in [0.1, 0.15) is 5.15 Å². The number of aromatic nitrogens is 2. The largest absolute Gasteiger partial charge is 0.416 e. The summed E-state index contributed by atoms with van der Waals surface area (Å²) in [5.41, 5.74) is 1.71. The van der Waals surface area contributed by atoms with E-state index in [-0.39, 0.29) is 9.93 Å². The van der Waals surface area contributed by atoms with Crippen molar-refractivity contribution in [2.24, 2.45) is 0 Å². The zero-order chi connectivity index (χ0) is 21.4. The molecule has 3 aromatic rings. The molecule has 0 N–H and O–H groups in total. The topological polar surface area (TPSA) is 61.2 Å². The van der Waals surface area contributed by atoms with Crippen molar-refractivity contribution in [3.8, 4) is 0 Å². The highest BCUT2D eigenvalue weighted by molar-refractivity contribution is 7.90. The second kappa shape index (κ2) is 7.87. The van der Waals surface area contributed by atoms with Gasteiger partial charge in [0.25, 0.3) is 10.0 Å². The number of hydrogen-bond donors (Lipinski definition) is 0. The zero-order valence-corrected chi connectivity index (χ0v) is 20.0. The van der Waals surface area contributed by atoms with Crippen molar-refractivity contribution >= 4 is 41.0 Å². The number of hydrogen-bond acceptors (Lipinski definition) is 4. The summed E-state index contributed by atoms with van der Waals surface area (Å²) in [5.74, 6) is 0. The summed E-state index contributed by atoms with van der Waals surface area (Å²) >= 11 is 6.04. The second-order valence-electron chi connectivity index (χ2n) is 8.62. The Bertz CT molecular complexity index is 1120. The molecule has 29 heavy (non-hydrogen) atoms. The first-order chi connectivity index (χ1) is 13.4. The molecule has 0 aliphatic heterocycles. The molecule has 8 heteroatoms. The average Bonchev–Trinajstić information content (AvgIpc) is 2.99. The number of benzene rings is 1. The van der Waals surface area contributed by atoms with Crippen LogP contribution < -0.4 is 0 Å². The van der Waals surface area contributed by atoms with Crippen molar-refractivity contribution in [1.82, 2.24) is 8.96 Å². The number of fused-ring (bicyclic) bond motifs is 1. The lowest BCUT2D eigenvalue weighted by molar-refractivity contribution is 0.290. The Morgan fingerprint density at radius 2 is 1.76 bits per heavy atom. The average molecular weight is 451 g/mol. The highest BCUT2D eigenvalue weighted by Crippen LogP contribution is 2.36. The van der Waals surface area contributed by atoms with E-state index in [1.54, 1.807) is 48.5 Å². The third-order valence-electron chi connectivity index (χ3n) is 5.56. The van der Waals surface area contributed by atoms with Crippen LogP contribution >= 0.6 is 11.6 Å². The van der Waals surface area contributed by atoms with Gasteiger partial charge in [-0.2, -0.15) is 0 Å². The molecule has 0 fully saturated rings. The van der Waals surface area contributed by atoms with Gasteiger partial charge in [0.2, 0.25) is 0 Å². The molecule has 156 valence electrons. The molecule has 0 radical (unpaired) electrons. The van der Waals surface area contributed by atoms with E-state index in [1.807, 2.05) is 0 Å². The number of pyridine rings is 1. The van der Waals surface area contributed by atoms with Crippen molar-refractivity contribution in [2.75, 3.05) is 6.61 Å². The summed E-state index contributed by atoms with van der Waals surface area (Å²) in [6.07, 6.45) is 0.465. The first kappa shape index (κ1) is 22.0. The summed E-state index contributed by atoms with van der Waals surface area (Å²) in [7, 11) is -5.70. The molecule has 0 saturated carbocycles. The number of nitrogens with zero attached hydrogens (tertiary/aromatic N) is 2. The highest BCUT2D eigenvalue weighted by atomic mass is 35.5. The molecule has 3 rings (SSSR count). The van der Waals surface area contributed by atoms with E-state index in [0.29, 0.717) is 34.9 Å². The molecule has 0 aliphatic carbocycles. The van der Waals surface area contributed by atoms with Gasteiger partial charge in [-0.05, 0) is 48.5 Å². The molecule has 1 aromatic carbocycles. The summed E-state index contributed by atoms with van der Waals surface area (Å²) in [6.45, 7) is 11.4. The summed E-state index contributed by atoms with van der Waals surface area (Å²) in [4.78, 5) is 4.54. The van der Waals surface area contributed by atoms with Crippen LogP contribution in [0.1, 0.15) is 26.5 Å². The fourth-order valence-corrected chi connectivity index (χ4v) is 5.65. The van der Waals surface area contributed by atoms with Gasteiger partial charge in [-0.15, -0.1) is 0 Å². The van der Waals surface area contributed by atoms with E-state index in [2.05, 4.69) is 38.8 Å². The molecular weight excluding hydrogens is 424 g/mol. The third-order valence-corrected chi connectivity index (χ3v) is 12.1. The Kier molecular flexibility index (Phi) is 5.98. The molecule has 2 heterocycles. The van der Waals surface area contributed by atoms with Crippen LogP contribution in [0.5, 0.6) is 0 Å². The zero-order valence-electron chi connectivity index (χ0n) is 17.4. The van der Waals surface area contributed by atoms with Gasteiger partial charge in [0, 0.05) is 18.7 Å². The fourth-order valence-electron chi connectivity index (χ4n) is 2.87. The van der Waals surface area contributed by atoms with Crippen molar-refractivity contribution in [2.45, 2.75) is 50.2 Å². The number of rotatable bonds is 6. The smallest absolute Gasteiger partial charge is 0.268 e. The minimum Gasteiger partial charge on any atom is -0.416 e. The molecule has 0 aliphatic rings. The van der Waals surface area contributed by atoms with Crippen molar-refractivity contribution in [3.63, 3.8) is 0 Å². The van der Waals surface area contributed by atoms with Gasteiger partial charge in [0.15, 0.2) is 8.32 Å². The lowest BCUT2D eigenvalue weighted by atomic mass is 10.2. The summed E-state index contributed by atoms with van der Waals surface area (Å²) in [5, 5.41) is 0.418. The highest BCUT2D eigenvalue weighted by Gasteiger charge is 2.37. The Labute approximate surface area is 178 Å². The Morgan fingerprint density at radius 3 is 2.38 bits per heavy atom. The van der Waals surface area contributed by atoms with Crippen LogP contribution in [0.4, 0.5) is 0 Å². The normalized spacial score (nSPS) is 13.2. The van der Waals surface area contributed by atoms with E-state index in [4.69, 9.17) is 16.0 Å². The molecule has 2 aromatic heterocycles. The standard InChI is InChI=1S/C21H27ClN2O3SSi/c1-21(2,3)29(4,5)27-14-13-16-15-18-19(11-12-20(22)23-18)24(16)28(25,26)17-9-7-6-8-10-17/h6-12,15H,13-14H2,1-5H3. The van der Waals surface area contributed by atoms with Crippen LogP contribution in [-0.4, -0.2) is 32.3 Å². The SMILES string of the molecule is CC(C)(C)[Si](C)(C)OCCc1cc2nc(Cl)ccc2n1S(=O)(=O)c1ccccc1. The third kappa shape index (κ3) is 4.43. The molecule has 0 spiro atoms. The van der Waals surface area contributed by atoms with Crippen molar-refractivity contribution in [1.29, 1.82) is 0 Å². The maximum atomic E-state index is 13.4. The van der Waals surface area contributed by atoms with Crippen LogP contribution in [0.15, 0.2) is 53.4 Å². The molecular formula is C21H27ClN2O3SSi. The molecule has 0 bridgehead atoms. The molecule has 0 atom stereocenters. The molecule has 5 nitrogen and oxygen atoms in total.